The van der Waals surface area contributed by atoms with E-state index in [0.717, 1.165) is 43.7 Å². The number of rotatable bonds is 2. The predicted octanol–water partition coefficient (Wildman–Crippen LogP) is 1.95. The van der Waals surface area contributed by atoms with Crippen molar-refractivity contribution >= 4 is 6.03 Å². The summed E-state index contributed by atoms with van der Waals surface area (Å²) in [5, 5.41) is 9.29. The third-order valence-electron chi connectivity index (χ3n) is 4.35. The van der Waals surface area contributed by atoms with Crippen molar-refractivity contribution in [2.45, 2.75) is 37.8 Å². The van der Waals surface area contributed by atoms with Gasteiger partial charge in [0.2, 0.25) is 0 Å². The summed E-state index contributed by atoms with van der Waals surface area (Å²) in [5.74, 6) is 0.910. The first-order valence-corrected chi connectivity index (χ1v) is 7.75. The van der Waals surface area contributed by atoms with Gasteiger partial charge in [0.15, 0.2) is 0 Å². The van der Waals surface area contributed by atoms with Crippen LogP contribution in [0.3, 0.4) is 0 Å². The van der Waals surface area contributed by atoms with Crippen LogP contribution in [-0.4, -0.2) is 31.3 Å². The molecule has 2 aliphatic rings. The molecule has 1 aromatic carbocycles. The quantitative estimate of drug-likeness (QED) is 0.780. The number of hydrogen-bond donors (Lipinski definition) is 3. The number of urea groups is 1. The first-order chi connectivity index (χ1) is 10.2. The molecule has 21 heavy (non-hydrogen) atoms. The van der Waals surface area contributed by atoms with Crippen LogP contribution in [0.1, 0.15) is 37.8 Å². The Morgan fingerprint density at radius 3 is 2.90 bits per heavy atom. The van der Waals surface area contributed by atoms with Crippen molar-refractivity contribution < 1.29 is 9.53 Å². The molecule has 0 radical (unpaired) electrons. The SMILES string of the molecule is CCNC(=O)NC1CC2(CCNCC2)Oc2ccccc21. The highest BCUT2D eigenvalue weighted by Crippen LogP contribution is 2.43. The Labute approximate surface area is 125 Å². The van der Waals surface area contributed by atoms with Crippen molar-refractivity contribution in [1.82, 2.24) is 16.0 Å². The van der Waals surface area contributed by atoms with Gasteiger partial charge in [0, 0.05) is 18.5 Å². The number of benzene rings is 1. The minimum absolute atomic E-state index is 0.0135. The Morgan fingerprint density at radius 1 is 1.38 bits per heavy atom. The number of para-hydroxylation sites is 1. The van der Waals surface area contributed by atoms with Gasteiger partial charge in [-0.05, 0) is 38.9 Å². The molecule has 1 saturated heterocycles. The van der Waals surface area contributed by atoms with E-state index in [4.69, 9.17) is 4.74 Å². The van der Waals surface area contributed by atoms with E-state index in [0.29, 0.717) is 6.54 Å². The standard InChI is InChI=1S/C16H23N3O2/c1-2-18-15(20)19-13-11-16(7-9-17-10-8-16)21-14-6-4-3-5-12(13)14/h3-6,13,17H,2,7-11H2,1H3,(H2,18,19,20). The summed E-state index contributed by atoms with van der Waals surface area (Å²) >= 11 is 0. The van der Waals surface area contributed by atoms with Crippen LogP contribution in [-0.2, 0) is 0 Å². The molecule has 0 saturated carbocycles. The lowest BCUT2D eigenvalue weighted by Gasteiger charge is -2.44. The maximum absolute atomic E-state index is 11.9. The Bertz CT molecular complexity index is 512. The second-order valence-electron chi connectivity index (χ2n) is 5.83. The van der Waals surface area contributed by atoms with Crippen molar-refractivity contribution in [3.63, 3.8) is 0 Å². The molecule has 3 N–H and O–H groups in total. The summed E-state index contributed by atoms with van der Waals surface area (Å²) in [4.78, 5) is 11.9. The predicted molar refractivity (Wildman–Crippen MR) is 81.5 cm³/mol. The first-order valence-electron chi connectivity index (χ1n) is 7.75. The number of carbonyl (C=O) groups is 1. The molecule has 2 heterocycles. The zero-order chi connectivity index (χ0) is 14.7. The molecular weight excluding hydrogens is 266 g/mol. The third-order valence-corrected chi connectivity index (χ3v) is 4.35. The van der Waals surface area contributed by atoms with E-state index in [-0.39, 0.29) is 17.7 Å². The molecule has 0 aromatic heterocycles. The smallest absolute Gasteiger partial charge is 0.315 e. The average Bonchev–Trinajstić information content (AvgIpc) is 2.48. The van der Waals surface area contributed by atoms with Crippen LogP contribution >= 0.6 is 0 Å². The monoisotopic (exact) mass is 289 g/mol. The molecule has 0 bridgehead atoms. The highest BCUT2D eigenvalue weighted by atomic mass is 16.5. The van der Waals surface area contributed by atoms with Gasteiger partial charge in [0.1, 0.15) is 11.4 Å². The molecule has 5 nitrogen and oxygen atoms in total. The molecule has 3 rings (SSSR count). The van der Waals surface area contributed by atoms with Crippen molar-refractivity contribution in [1.29, 1.82) is 0 Å². The van der Waals surface area contributed by atoms with Gasteiger partial charge in [-0.2, -0.15) is 0 Å². The molecule has 1 aromatic rings. The maximum Gasteiger partial charge on any atom is 0.315 e. The third kappa shape index (κ3) is 2.97. The van der Waals surface area contributed by atoms with Crippen LogP contribution < -0.4 is 20.7 Å². The normalized spacial score (nSPS) is 23.0. The lowest BCUT2D eigenvalue weighted by atomic mass is 9.81. The van der Waals surface area contributed by atoms with Gasteiger partial charge in [-0.1, -0.05) is 18.2 Å². The number of piperidine rings is 1. The molecule has 5 heteroatoms. The largest absolute Gasteiger partial charge is 0.487 e. The fourth-order valence-corrected chi connectivity index (χ4v) is 3.31. The second-order valence-corrected chi connectivity index (χ2v) is 5.83. The lowest BCUT2D eigenvalue weighted by Crippen LogP contribution is -2.52. The summed E-state index contributed by atoms with van der Waals surface area (Å²) in [6.45, 7) is 4.49. The van der Waals surface area contributed by atoms with Crippen LogP contribution in [0.2, 0.25) is 0 Å². The lowest BCUT2D eigenvalue weighted by molar-refractivity contribution is 0.00469. The fourth-order valence-electron chi connectivity index (χ4n) is 3.31. The number of nitrogens with one attached hydrogen (secondary N) is 3. The zero-order valence-corrected chi connectivity index (χ0v) is 12.4. The topological polar surface area (TPSA) is 62.4 Å². The fraction of sp³-hybridized carbons (Fsp3) is 0.562. The summed E-state index contributed by atoms with van der Waals surface area (Å²) < 4.78 is 6.32. The van der Waals surface area contributed by atoms with Crippen LogP contribution in [0.15, 0.2) is 24.3 Å². The molecule has 1 fully saturated rings. The summed E-state index contributed by atoms with van der Waals surface area (Å²) in [7, 11) is 0. The summed E-state index contributed by atoms with van der Waals surface area (Å²) in [6.07, 6.45) is 2.80. The van der Waals surface area contributed by atoms with Crippen LogP contribution in [0.25, 0.3) is 0 Å². The molecule has 0 aliphatic carbocycles. The van der Waals surface area contributed by atoms with E-state index in [1.807, 2.05) is 31.2 Å². The van der Waals surface area contributed by atoms with Gasteiger partial charge in [-0.3, -0.25) is 0 Å². The van der Waals surface area contributed by atoms with Gasteiger partial charge in [0.05, 0.1) is 6.04 Å². The molecule has 1 spiro atoms. The van der Waals surface area contributed by atoms with Gasteiger partial charge in [0.25, 0.3) is 0 Å². The molecule has 114 valence electrons. The number of fused-ring (bicyclic) bond motifs is 1. The Hall–Kier alpha value is -1.75. The summed E-state index contributed by atoms with van der Waals surface area (Å²) in [5.41, 5.74) is 0.928. The van der Waals surface area contributed by atoms with Gasteiger partial charge in [-0.15, -0.1) is 0 Å². The maximum atomic E-state index is 11.9. The van der Waals surface area contributed by atoms with E-state index in [1.54, 1.807) is 0 Å². The van der Waals surface area contributed by atoms with E-state index >= 15 is 0 Å². The van der Waals surface area contributed by atoms with Crippen molar-refractivity contribution in [3.8, 4) is 5.75 Å². The highest BCUT2D eigenvalue weighted by Gasteiger charge is 2.42. The summed E-state index contributed by atoms with van der Waals surface area (Å²) in [6, 6.07) is 7.94. The van der Waals surface area contributed by atoms with E-state index in [2.05, 4.69) is 16.0 Å². The average molecular weight is 289 g/mol. The molecule has 1 atom stereocenters. The van der Waals surface area contributed by atoms with E-state index in [1.165, 1.54) is 0 Å². The van der Waals surface area contributed by atoms with Crippen molar-refractivity contribution in [3.05, 3.63) is 29.8 Å². The van der Waals surface area contributed by atoms with Crippen LogP contribution in [0, 0.1) is 0 Å². The number of ether oxygens (including phenoxy) is 1. The molecule has 2 aliphatic heterocycles. The Kier molecular flexibility index (Phi) is 4.01. The molecular formula is C16H23N3O2. The van der Waals surface area contributed by atoms with E-state index < -0.39 is 0 Å². The highest BCUT2D eigenvalue weighted by molar-refractivity contribution is 5.74. The number of amides is 2. The Morgan fingerprint density at radius 2 is 2.14 bits per heavy atom. The zero-order valence-electron chi connectivity index (χ0n) is 12.4. The van der Waals surface area contributed by atoms with Gasteiger partial charge < -0.3 is 20.7 Å². The molecule has 1 unspecified atom stereocenters. The number of hydrogen-bond acceptors (Lipinski definition) is 3. The Balaban J connectivity index is 1.85. The van der Waals surface area contributed by atoms with Gasteiger partial charge in [-0.25, -0.2) is 4.79 Å². The minimum Gasteiger partial charge on any atom is -0.487 e. The van der Waals surface area contributed by atoms with Crippen molar-refractivity contribution in [2.75, 3.05) is 19.6 Å². The van der Waals surface area contributed by atoms with Crippen molar-refractivity contribution in [2.24, 2.45) is 0 Å². The first kappa shape index (κ1) is 14.2. The second kappa shape index (κ2) is 5.93. The van der Waals surface area contributed by atoms with E-state index in [9.17, 15) is 4.79 Å². The van der Waals surface area contributed by atoms with Crippen LogP contribution in [0.5, 0.6) is 5.75 Å². The van der Waals surface area contributed by atoms with Crippen LogP contribution in [0.4, 0.5) is 4.79 Å². The number of carbonyl (C=O) groups excluding carboxylic acids is 1. The minimum atomic E-state index is -0.149. The van der Waals surface area contributed by atoms with Gasteiger partial charge >= 0.3 is 6.03 Å². The molecule has 2 amide bonds.